The Bertz CT molecular complexity index is 582. The summed E-state index contributed by atoms with van der Waals surface area (Å²) in [4.78, 5) is 11.4. The molecule has 1 aromatic carbocycles. The molecule has 0 saturated carbocycles. The van der Waals surface area contributed by atoms with Crippen LogP contribution in [0.4, 0.5) is 0 Å². The largest absolute Gasteiger partial charge is 0.480 e. The molecule has 1 aliphatic heterocycles. The zero-order valence-corrected chi connectivity index (χ0v) is 11.6. The first kappa shape index (κ1) is 14.0. The van der Waals surface area contributed by atoms with Gasteiger partial charge in [-0.2, -0.15) is 4.31 Å². The number of aliphatic carboxylic acids is 1. The second-order valence-corrected chi connectivity index (χ2v) is 6.59. The van der Waals surface area contributed by atoms with Crippen LogP contribution in [-0.4, -0.2) is 36.4 Å². The van der Waals surface area contributed by atoms with Crippen molar-refractivity contribution in [1.29, 1.82) is 0 Å². The lowest BCUT2D eigenvalue weighted by Crippen LogP contribution is -2.47. The first-order valence-electron chi connectivity index (χ1n) is 6.25. The van der Waals surface area contributed by atoms with Gasteiger partial charge in [0.25, 0.3) is 0 Å². The number of piperidine rings is 1. The third-order valence-corrected chi connectivity index (χ3v) is 5.49. The van der Waals surface area contributed by atoms with E-state index in [1.807, 2.05) is 0 Å². The summed E-state index contributed by atoms with van der Waals surface area (Å²) >= 11 is 0. The van der Waals surface area contributed by atoms with E-state index in [9.17, 15) is 18.3 Å². The van der Waals surface area contributed by atoms with Crippen LogP contribution >= 0.6 is 0 Å². The zero-order chi connectivity index (χ0) is 14.0. The van der Waals surface area contributed by atoms with Crippen LogP contribution < -0.4 is 0 Å². The summed E-state index contributed by atoms with van der Waals surface area (Å²) in [6.07, 6.45) is 1.83. The van der Waals surface area contributed by atoms with Crippen molar-refractivity contribution >= 4 is 16.0 Å². The first-order chi connectivity index (χ1) is 8.94. The number of carboxylic acids is 1. The van der Waals surface area contributed by atoms with Crippen molar-refractivity contribution in [2.75, 3.05) is 6.54 Å². The van der Waals surface area contributed by atoms with Crippen LogP contribution in [0.2, 0.25) is 0 Å². The molecule has 1 saturated heterocycles. The molecule has 1 aliphatic rings. The highest BCUT2D eigenvalue weighted by Crippen LogP contribution is 2.27. The third-order valence-electron chi connectivity index (χ3n) is 3.42. The molecule has 6 heteroatoms. The van der Waals surface area contributed by atoms with Crippen molar-refractivity contribution in [3.63, 3.8) is 0 Å². The Labute approximate surface area is 112 Å². The number of hydrogen-bond acceptors (Lipinski definition) is 3. The minimum atomic E-state index is -3.73. The van der Waals surface area contributed by atoms with Gasteiger partial charge in [-0.05, 0) is 37.8 Å². The average Bonchev–Trinajstić information content (AvgIpc) is 2.39. The van der Waals surface area contributed by atoms with E-state index >= 15 is 0 Å². The number of nitrogens with zero attached hydrogens (tertiary/aromatic N) is 1. The van der Waals surface area contributed by atoms with Gasteiger partial charge in [0, 0.05) is 6.54 Å². The lowest BCUT2D eigenvalue weighted by atomic mass is 10.1. The molecular formula is C13H17NO4S. The number of carbonyl (C=O) groups is 1. The quantitative estimate of drug-likeness (QED) is 0.914. The Morgan fingerprint density at radius 3 is 2.63 bits per heavy atom. The minimum absolute atomic E-state index is 0.197. The van der Waals surface area contributed by atoms with Crippen molar-refractivity contribution in [3.05, 3.63) is 29.8 Å². The Morgan fingerprint density at radius 2 is 2.00 bits per heavy atom. The van der Waals surface area contributed by atoms with Crippen LogP contribution in [0.15, 0.2) is 29.2 Å². The Balaban J connectivity index is 2.43. The summed E-state index contributed by atoms with van der Waals surface area (Å²) in [6, 6.07) is 5.71. The molecule has 0 radical (unpaired) electrons. The molecule has 1 unspecified atom stereocenters. The molecule has 0 bridgehead atoms. The van der Waals surface area contributed by atoms with Crippen LogP contribution in [0.3, 0.4) is 0 Å². The van der Waals surface area contributed by atoms with Gasteiger partial charge in [0.2, 0.25) is 10.0 Å². The number of sulfonamides is 1. The second-order valence-electron chi connectivity index (χ2n) is 4.73. The summed E-state index contributed by atoms with van der Waals surface area (Å²) in [6.45, 7) is 1.99. The lowest BCUT2D eigenvalue weighted by Gasteiger charge is -2.32. The van der Waals surface area contributed by atoms with Crippen molar-refractivity contribution in [2.24, 2.45) is 0 Å². The van der Waals surface area contributed by atoms with E-state index in [2.05, 4.69) is 0 Å². The second kappa shape index (κ2) is 5.30. The van der Waals surface area contributed by atoms with E-state index in [1.165, 1.54) is 6.07 Å². The highest BCUT2D eigenvalue weighted by Gasteiger charge is 2.37. The van der Waals surface area contributed by atoms with Gasteiger partial charge >= 0.3 is 5.97 Å². The van der Waals surface area contributed by atoms with Crippen LogP contribution in [0.25, 0.3) is 0 Å². The predicted octanol–water partition coefficient (Wildman–Crippen LogP) is 1.62. The Kier molecular flexibility index (Phi) is 3.91. The number of rotatable bonds is 3. The van der Waals surface area contributed by atoms with E-state index in [0.29, 0.717) is 18.4 Å². The van der Waals surface area contributed by atoms with Crippen LogP contribution in [0.1, 0.15) is 24.8 Å². The van der Waals surface area contributed by atoms with Crippen LogP contribution in [-0.2, 0) is 14.8 Å². The van der Waals surface area contributed by atoms with Gasteiger partial charge < -0.3 is 5.11 Å². The molecule has 5 nitrogen and oxygen atoms in total. The maximum Gasteiger partial charge on any atom is 0.322 e. The van der Waals surface area contributed by atoms with E-state index in [-0.39, 0.29) is 11.4 Å². The molecule has 1 atom stereocenters. The van der Waals surface area contributed by atoms with Crippen molar-refractivity contribution in [3.8, 4) is 0 Å². The van der Waals surface area contributed by atoms with E-state index in [0.717, 1.165) is 10.7 Å². The maximum absolute atomic E-state index is 12.6. The van der Waals surface area contributed by atoms with E-state index in [4.69, 9.17) is 0 Å². The van der Waals surface area contributed by atoms with Gasteiger partial charge in [-0.25, -0.2) is 8.42 Å². The van der Waals surface area contributed by atoms with E-state index in [1.54, 1.807) is 25.1 Å². The monoisotopic (exact) mass is 283 g/mol. The molecule has 0 aromatic heterocycles. The molecule has 0 amide bonds. The predicted molar refractivity (Wildman–Crippen MR) is 70.3 cm³/mol. The summed E-state index contributed by atoms with van der Waals surface area (Å²) in [5, 5.41) is 9.18. The molecule has 1 aromatic rings. The minimum Gasteiger partial charge on any atom is -0.480 e. The number of carboxylic acid groups (broad SMARTS) is 1. The van der Waals surface area contributed by atoms with E-state index < -0.39 is 22.0 Å². The SMILES string of the molecule is Cc1ccccc1S(=O)(=O)N1CCCCC1C(=O)O. The summed E-state index contributed by atoms with van der Waals surface area (Å²) < 4.78 is 26.3. The molecule has 0 aliphatic carbocycles. The molecule has 2 rings (SSSR count). The fourth-order valence-corrected chi connectivity index (χ4v) is 4.29. The number of benzene rings is 1. The van der Waals surface area contributed by atoms with Crippen LogP contribution in [0.5, 0.6) is 0 Å². The van der Waals surface area contributed by atoms with Crippen LogP contribution in [0, 0.1) is 6.92 Å². The number of aryl methyl sites for hydroxylation is 1. The highest BCUT2D eigenvalue weighted by atomic mass is 32.2. The van der Waals surface area contributed by atoms with Gasteiger partial charge in [0.1, 0.15) is 6.04 Å². The van der Waals surface area contributed by atoms with Gasteiger partial charge in [-0.3, -0.25) is 4.79 Å². The molecular weight excluding hydrogens is 266 g/mol. The highest BCUT2D eigenvalue weighted by molar-refractivity contribution is 7.89. The lowest BCUT2D eigenvalue weighted by molar-refractivity contribution is -0.142. The van der Waals surface area contributed by atoms with Crippen molar-refractivity contribution in [2.45, 2.75) is 37.1 Å². The fraction of sp³-hybridized carbons (Fsp3) is 0.462. The first-order valence-corrected chi connectivity index (χ1v) is 7.69. The third kappa shape index (κ3) is 2.64. The summed E-state index contributed by atoms with van der Waals surface area (Å²) in [7, 11) is -3.73. The van der Waals surface area contributed by atoms with Gasteiger partial charge in [0.15, 0.2) is 0 Å². The van der Waals surface area contributed by atoms with Gasteiger partial charge in [-0.15, -0.1) is 0 Å². The van der Waals surface area contributed by atoms with Crippen molar-refractivity contribution < 1.29 is 18.3 Å². The topological polar surface area (TPSA) is 74.7 Å². The molecule has 0 spiro atoms. The van der Waals surface area contributed by atoms with Crippen molar-refractivity contribution in [1.82, 2.24) is 4.31 Å². The Morgan fingerprint density at radius 1 is 1.32 bits per heavy atom. The summed E-state index contributed by atoms with van der Waals surface area (Å²) in [5.74, 6) is -1.07. The number of hydrogen-bond donors (Lipinski definition) is 1. The molecule has 104 valence electrons. The van der Waals surface area contributed by atoms with Gasteiger partial charge in [-0.1, -0.05) is 18.2 Å². The molecule has 1 fully saturated rings. The summed E-state index contributed by atoms with van der Waals surface area (Å²) in [5.41, 5.74) is 0.636. The fourth-order valence-electron chi connectivity index (χ4n) is 2.41. The maximum atomic E-state index is 12.6. The zero-order valence-electron chi connectivity index (χ0n) is 10.7. The molecule has 19 heavy (non-hydrogen) atoms. The normalized spacial score (nSPS) is 21.2. The average molecular weight is 283 g/mol. The smallest absolute Gasteiger partial charge is 0.322 e. The Hall–Kier alpha value is -1.40. The standard InChI is InChI=1S/C13H17NO4S/c1-10-6-2-3-8-12(10)19(17,18)14-9-5-4-7-11(14)13(15)16/h2-3,6,8,11H,4-5,7,9H2,1H3,(H,15,16). The molecule has 1 N–H and O–H groups in total. The van der Waals surface area contributed by atoms with Gasteiger partial charge in [0.05, 0.1) is 4.90 Å². The molecule has 1 heterocycles.